The van der Waals surface area contributed by atoms with E-state index < -0.39 is 0 Å². The second-order valence-electron chi connectivity index (χ2n) is 3.84. The molecule has 3 heteroatoms. The van der Waals surface area contributed by atoms with Gasteiger partial charge >= 0.3 is 0 Å². The van der Waals surface area contributed by atoms with Crippen molar-refractivity contribution in [2.45, 2.75) is 32.3 Å². The lowest BCUT2D eigenvalue weighted by Crippen LogP contribution is -2.37. The average molecular weight is 189 g/mol. The first kappa shape index (κ1) is 12.9. The highest BCUT2D eigenvalue weighted by Crippen LogP contribution is 2.04. The summed E-state index contributed by atoms with van der Waals surface area (Å²) in [5, 5.41) is 3.35. The summed E-state index contributed by atoms with van der Waals surface area (Å²) < 4.78 is 10.2. The van der Waals surface area contributed by atoms with Gasteiger partial charge in [-0.1, -0.05) is 0 Å². The second-order valence-corrected chi connectivity index (χ2v) is 3.84. The third-order valence-corrected chi connectivity index (χ3v) is 2.06. The van der Waals surface area contributed by atoms with Gasteiger partial charge in [-0.05, 0) is 33.2 Å². The quantitative estimate of drug-likeness (QED) is 0.586. The van der Waals surface area contributed by atoms with Crippen molar-refractivity contribution >= 4 is 0 Å². The van der Waals surface area contributed by atoms with E-state index in [2.05, 4.69) is 19.2 Å². The third kappa shape index (κ3) is 8.22. The van der Waals surface area contributed by atoms with E-state index in [-0.39, 0.29) is 5.60 Å². The monoisotopic (exact) mass is 189 g/mol. The Morgan fingerprint density at radius 1 is 1.15 bits per heavy atom. The van der Waals surface area contributed by atoms with E-state index in [0.717, 1.165) is 32.5 Å². The van der Waals surface area contributed by atoms with E-state index in [1.807, 2.05) is 0 Å². The molecule has 0 heterocycles. The maximum Gasteiger partial charge on any atom is 0.0746 e. The lowest BCUT2D eigenvalue weighted by atomic mass is 10.1. The lowest BCUT2D eigenvalue weighted by Gasteiger charge is -2.23. The molecule has 0 atom stereocenters. The number of methoxy groups -OCH3 is 2. The first-order chi connectivity index (χ1) is 6.12. The minimum Gasteiger partial charge on any atom is -0.385 e. The summed E-state index contributed by atoms with van der Waals surface area (Å²) in [6.07, 6.45) is 2.28. The highest BCUT2D eigenvalue weighted by Gasteiger charge is 2.14. The van der Waals surface area contributed by atoms with Crippen LogP contribution in [0.5, 0.6) is 0 Å². The molecule has 3 nitrogen and oxygen atoms in total. The second kappa shape index (κ2) is 7.30. The van der Waals surface area contributed by atoms with E-state index >= 15 is 0 Å². The molecule has 0 rings (SSSR count). The molecule has 0 aliphatic heterocycles. The zero-order valence-electron chi connectivity index (χ0n) is 9.35. The van der Waals surface area contributed by atoms with Crippen LogP contribution in [0.4, 0.5) is 0 Å². The fourth-order valence-electron chi connectivity index (χ4n) is 0.958. The molecule has 0 saturated heterocycles. The van der Waals surface area contributed by atoms with Crippen LogP contribution in [-0.2, 0) is 9.47 Å². The van der Waals surface area contributed by atoms with Gasteiger partial charge in [0.15, 0.2) is 0 Å². The Labute approximate surface area is 81.8 Å². The molecule has 1 N–H and O–H groups in total. The number of hydrogen-bond donors (Lipinski definition) is 1. The molecule has 0 aromatic rings. The number of hydrogen-bond acceptors (Lipinski definition) is 3. The molecule has 0 aliphatic carbocycles. The molecular formula is C10H23NO2. The van der Waals surface area contributed by atoms with E-state index in [1.165, 1.54) is 0 Å². The highest BCUT2D eigenvalue weighted by atomic mass is 16.5. The van der Waals surface area contributed by atoms with Gasteiger partial charge in [0.1, 0.15) is 0 Å². The Hall–Kier alpha value is -0.120. The Bertz CT molecular complexity index is 115. The summed E-state index contributed by atoms with van der Waals surface area (Å²) in [6, 6.07) is 0. The number of unbranched alkanes of at least 4 members (excludes halogenated alkanes) is 1. The summed E-state index contributed by atoms with van der Waals surface area (Å²) in [7, 11) is 3.48. The molecule has 0 saturated carbocycles. The number of nitrogens with one attached hydrogen (secondary N) is 1. The number of rotatable bonds is 8. The van der Waals surface area contributed by atoms with Crippen LogP contribution >= 0.6 is 0 Å². The van der Waals surface area contributed by atoms with Crippen LogP contribution in [0, 0.1) is 0 Å². The van der Waals surface area contributed by atoms with Gasteiger partial charge in [-0.15, -0.1) is 0 Å². The van der Waals surface area contributed by atoms with Crippen molar-refractivity contribution in [3.05, 3.63) is 0 Å². The SMILES string of the molecule is COCCCCNCC(C)(C)OC. The Kier molecular flexibility index (Phi) is 7.23. The van der Waals surface area contributed by atoms with Gasteiger partial charge in [0.2, 0.25) is 0 Å². The fourth-order valence-corrected chi connectivity index (χ4v) is 0.958. The zero-order chi connectivity index (χ0) is 10.2. The predicted octanol–water partition coefficient (Wildman–Crippen LogP) is 1.43. The van der Waals surface area contributed by atoms with Crippen molar-refractivity contribution in [3.8, 4) is 0 Å². The van der Waals surface area contributed by atoms with Crippen molar-refractivity contribution in [2.75, 3.05) is 33.9 Å². The maximum atomic E-state index is 5.28. The molecule has 0 fully saturated rings. The van der Waals surface area contributed by atoms with Crippen molar-refractivity contribution < 1.29 is 9.47 Å². The van der Waals surface area contributed by atoms with Crippen molar-refractivity contribution in [1.29, 1.82) is 0 Å². The van der Waals surface area contributed by atoms with Crippen LogP contribution in [-0.4, -0.2) is 39.5 Å². The molecule has 13 heavy (non-hydrogen) atoms. The Morgan fingerprint density at radius 3 is 2.38 bits per heavy atom. The van der Waals surface area contributed by atoms with Crippen LogP contribution in [0.25, 0.3) is 0 Å². The molecule has 0 aromatic carbocycles. The van der Waals surface area contributed by atoms with Gasteiger partial charge in [0.25, 0.3) is 0 Å². The van der Waals surface area contributed by atoms with E-state index in [0.29, 0.717) is 0 Å². The first-order valence-electron chi connectivity index (χ1n) is 4.87. The van der Waals surface area contributed by atoms with Gasteiger partial charge < -0.3 is 14.8 Å². The van der Waals surface area contributed by atoms with Crippen LogP contribution < -0.4 is 5.32 Å². The summed E-state index contributed by atoms with van der Waals surface area (Å²) in [6.45, 7) is 6.95. The standard InChI is InChI=1S/C10H23NO2/c1-10(2,13-4)9-11-7-5-6-8-12-3/h11H,5-9H2,1-4H3. The lowest BCUT2D eigenvalue weighted by molar-refractivity contribution is 0.0233. The van der Waals surface area contributed by atoms with Gasteiger partial charge in [-0.3, -0.25) is 0 Å². The highest BCUT2D eigenvalue weighted by molar-refractivity contribution is 4.70. The Morgan fingerprint density at radius 2 is 1.85 bits per heavy atom. The third-order valence-electron chi connectivity index (χ3n) is 2.06. The molecule has 0 radical (unpaired) electrons. The van der Waals surface area contributed by atoms with Crippen LogP contribution in [0.3, 0.4) is 0 Å². The van der Waals surface area contributed by atoms with E-state index in [4.69, 9.17) is 9.47 Å². The summed E-state index contributed by atoms with van der Waals surface area (Å²) >= 11 is 0. The van der Waals surface area contributed by atoms with Crippen LogP contribution in [0.2, 0.25) is 0 Å². The minimum atomic E-state index is -0.0543. The Balaban J connectivity index is 3.16. The average Bonchev–Trinajstić information content (AvgIpc) is 2.11. The largest absolute Gasteiger partial charge is 0.385 e. The van der Waals surface area contributed by atoms with Crippen molar-refractivity contribution in [3.63, 3.8) is 0 Å². The van der Waals surface area contributed by atoms with Gasteiger partial charge in [0, 0.05) is 27.4 Å². The summed E-state index contributed by atoms with van der Waals surface area (Å²) in [4.78, 5) is 0. The smallest absolute Gasteiger partial charge is 0.0746 e. The van der Waals surface area contributed by atoms with E-state index in [9.17, 15) is 0 Å². The van der Waals surface area contributed by atoms with Gasteiger partial charge in [0.05, 0.1) is 5.60 Å². The molecule has 0 amide bonds. The summed E-state index contributed by atoms with van der Waals surface area (Å²) in [5.74, 6) is 0. The van der Waals surface area contributed by atoms with Crippen LogP contribution in [0.1, 0.15) is 26.7 Å². The topological polar surface area (TPSA) is 30.5 Å². The van der Waals surface area contributed by atoms with Crippen LogP contribution in [0.15, 0.2) is 0 Å². The van der Waals surface area contributed by atoms with E-state index in [1.54, 1.807) is 14.2 Å². The molecule has 0 aliphatic rings. The normalized spacial score (nSPS) is 12.0. The van der Waals surface area contributed by atoms with Gasteiger partial charge in [-0.25, -0.2) is 0 Å². The summed E-state index contributed by atoms with van der Waals surface area (Å²) in [5.41, 5.74) is -0.0543. The zero-order valence-corrected chi connectivity index (χ0v) is 9.35. The molecule has 0 unspecified atom stereocenters. The molecule has 0 spiro atoms. The minimum absolute atomic E-state index is 0.0543. The predicted molar refractivity (Wildman–Crippen MR) is 55.1 cm³/mol. The van der Waals surface area contributed by atoms with Gasteiger partial charge in [-0.2, -0.15) is 0 Å². The molecule has 0 bridgehead atoms. The molecular weight excluding hydrogens is 166 g/mol. The molecule has 0 aromatic heterocycles. The maximum absolute atomic E-state index is 5.28. The molecule has 80 valence electrons. The first-order valence-corrected chi connectivity index (χ1v) is 4.87. The number of ether oxygens (including phenoxy) is 2. The van der Waals surface area contributed by atoms with Crippen molar-refractivity contribution in [1.82, 2.24) is 5.32 Å². The fraction of sp³-hybridized carbons (Fsp3) is 1.00. The van der Waals surface area contributed by atoms with Crippen molar-refractivity contribution in [2.24, 2.45) is 0 Å².